The molecule has 3 unspecified atom stereocenters. The van der Waals surface area contributed by atoms with Crippen LogP contribution in [0.5, 0.6) is 0 Å². The molecule has 3 nitrogen and oxygen atoms in total. The van der Waals surface area contributed by atoms with E-state index in [1.165, 1.54) is 6.42 Å². The highest BCUT2D eigenvalue weighted by molar-refractivity contribution is 5.69. The molecule has 1 fully saturated rings. The van der Waals surface area contributed by atoms with Gasteiger partial charge in [-0.3, -0.25) is 4.79 Å². The lowest BCUT2D eigenvalue weighted by atomic mass is 9.82. The van der Waals surface area contributed by atoms with Crippen LogP contribution in [0.3, 0.4) is 0 Å². The lowest BCUT2D eigenvalue weighted by Gasteiger charge is -2.31. The quantitative estimate of drug-likeness (QED) is 0.751. The van der Waals surface area contributed by atoms with Crippen LogP contribution in [-0.2, 0) is 9.53 Å². The van der Waals surface area contributed by atoms with Crippen LogP contribution >= 0.6 is 0 Å². The summed E-state index contributed by atoms with van der Waals surface area (Å²) in [6, 6.07) is 0.0803. The van der Waals surface area contributed by atoms with Crippen LogP contribution in [0.15, 0.2) is 0 Å². The largest absolute Gasteiger partial charge is 0.462 e. The topological polar surface area (TPSA) is 52.3 Å². The highest BCUT2D eigenvalue weighted by Crippen LogP contribution is 2.30. The van der Waals surface area contributed by atoms with Gasteiger partial charge in [0.2, 0.25) is 0 Å². The van der Waals surface area contributed by atoms with Crippen molar-refractivity contribution in [1.29, 1.82) is 0 Å². The van der Waals surface area contributed by atoms with Gasteiger partial charge in [-0.15, -0.1) is 0 Å². The molecular weight excluding hydrogens is 202 g/mol. The lowest BCUT2D eigenvalue weighted by molar-refractivity contribution is -0.152. The van der Waals surface area contributed by atoms with E-state index in [-0.39, 0.29) is 18.1 Å². The van der Waals surface area contributed by atoms with Crippen LogP contribution in [0.2, 0.25) is 0 Å². The summed E-state index contributed by atoms with van der Waals surface area (Å²) in [5.74, 6) is 1.27. The van der Waals surface area contributed by atoms with Crippen molar-refractivity contribution in [1.82, 2.24) is 0 Å². The molecule has 0 radical (unpaired) electrons. The molecule has 1 aliphatic rings. The summed E-state index contributed by atoms with van der Waals surface area (Å²) >= 11 is 0. The number of rotatable bonds is 4. The van der Waals surface area contributed by atoms with Gasteiger partial charge in [0.15, 0.2) is 0 Å². The SMILES string of the molecule is CC(N)CCC(=O)OC1CC(C)CC(C)C1. The molecule has 94 valence electrons. The number of hydrogen-bond acceptors (Lipinski definition) is 3. The number of nitrogens with two attached hydrogens (primary N) is 1. The Kier molecular flexibility index (Phi) is 5.26. The predicted octanol–water partition coefficient (Wildman–Crippen LogP) is 2.48. The summed E-state index contributed by atoms with van der Waals surface area (Å²) in [6.45, 7) is 6.38. The van der Waals surface area contributed by atoms with Gasteiger partial charge in [0.25, 0.3) is 0 Å². The molecule has 3 heteroatoms. The van der Waals surface area contributed by atoms with Crippen LogP contribution in [0.4, 0.5) is 0 Å². The Morgan fingerprint density at radius 1 is 1.31 bits per heavy atom. The monoisotopic (exact) mass is 227 g/mol. The standard InChI is InChI=1S/C13H25NO2/c1-9-6-10(2)8-12(7-9)16-13(15)5-4-11(3)14/h9-12H,4-8,14H2,1-3H3. The van der Waals surface area contributed by atoms with Gasteiger partial charge in [-0.1, -0.05) is 13.8 Å². The molecule has 0 aromatic carbocycles. The Bertz CT molecular complexity index is 218. The minimum atomic E-state index is -0.0800. The van der Waals surface area contributed by atoms with E-state index in [9.17, 15) is 4.79 Å². The zero-order valence-corrected chi connectivity index (χ0v) is 10.7. The minimum Gasteiger partial charge on any atom is -0.462 e. The summed E-state index contributed by atoms with van der Waals surface area (Å²) in [6.07, 6.45) is 4.61. The first-order chi connectivity index (χ1) is 7.47. The maximum atomic E-state index is 11.6. The van der Waals surface area contributed by atoms with E-state index < -0.39 is 0 Å². The summed E-state index contributed by atoms with van der Waals surface area (Å²) < 4.78 is 5.49. The fourth-order valence-corrected chi connectivity index (χ4v) is 2.56. The van der Waals surface area contributed by atoms with Gasteiger partial charge < -0.3 is 10.5 Å². The van der Waals surface area contributed by atoms with Crippen molar-refractivity contribution in [3.63, 3.8) is 0 Å². The average molecular weight is 227 g/mol. The third kappa shape index (κ3) is 4.97. The number of carbonyl (C=O) groups excluding carboxylic acids is 1. The van der Waals surface area contributed by atoms with Gasteiger partial charge in [0.1, 0.15) is 6.10 Å². The zero-order chi connectivity index (χ0) is 12.1. The molecule has 0 amide bonds. The Labute approximate surface area is 98.7 Å². The lowest BCUT2D eigenvalue weighted by Crippen LogP contribution is -2.29. The Balaban J connectivity index is 2.27. The van der Waals surface area contributed by atoms with Gasteiger partial charge in [-0.2, -0.15) is 0 Å². The first kappa shape index (κ1) is 13.5. The second-order valence-electron chi connectivity index (χ2n) is 5.55. The molecule has 0 bridgehead atoms. The van der Waals surface area contributed by atoms with Crippen molar-refractivity contribution in [3.8, 4) is 0 Å². The molecule has 0 saturated heterocycles. The molecule has 0 aliphatic heterocycles. The van der Waals surface area contributed by atoms with Crippen molar-refractivity contribution in [3.05, 3.63) is 0 Å². The van der Waals surface area contributed by atoms with Crippen LogP contribution in [0.1, 0.15) is 52.9 Å². The molecule has 2 N–H and O–H groups in total. The van der Waals surface area contributed by atoms with Crippen molar-refractivity contribution in [2.45, 2.75) is 65.0 Å². The first-order valence-corrected chi connectivity index (χ1v) is 6.42. The zero-order valence-electron chi connectivity index (χ0n) is 10.7. The fourth-order valence-electron chi connectivity index (χ4n) is 2.56. The average Bonchev–Trinajstić information content (AvgIpc) is 2.12. The summed E-state index contributed by atoms with van der Waals surface area (Å²) in [4.78, 5) is 11.6. The number of hydrogen-bond donors (Lipinski definition) is 1. The molecule has 0 heterocycles. The number of esters is 1. The Morgan fingerprint density at radius 3 is 2.38 bits per heavy atom. The van der Waals surface area contributed by atoms with Gasteiger partial charge >= 0.3 is 5.97 Å². The minimum absolute atomic E-state index is 0.0800. The number of carbonyl (C=O) groups is 1. The first-order valence-electron chi connectivity index (χ1n) is 6.42. The molecule has 3 atom stereocenters. The molecule has 0 aromatic heterocycles. The molecule has 1 aliphatic carbocycles. The highest BCUT2D eigenvalue weighted by atomic mass is 16.5. The predicted molar refractivity (Wildman–Crippen MR) is 64.9 cm³/mol. The summed E-state index contributed by atoms with van der Waals surface area (Å²) in [5.41, 5.74) is 5.61. The van der Waals surface area contributed by atoms with E-state index in [1.54, 1.807) is 0 Å². The van der Waals surface area contributed by atoms with Crippen molar-refractivity contribution < 1.29 is 9.53 Å². The second kappa shape index (κ2) is 6.24. The van der Waals surface area contributed by atoms with E-state index in [2.05, 4.69) is 13.8 Å². The Hall–Kier alpha value is -0.570. The molecule has 16 heavy (non-hydrogen) atoms. The van der Waals surface area contributed by atoms with Crippen LogP contribution in [-0.4, -0.2) is 18.1 Å². The normalized spacial score (nSPS) is 32.1. The van der Waals surface area contributed by atoms with Gasteiger partial charge in [-0.05, 0) is 44.4 Å². The smallest absolute Gasteiger partial charge is 0.306 e. The summed E-state index contributed by atoms with van der Waals surface area (Å²) in [7, 11) is 0. The van der Waals surface area contributed by atoms with Crippen LogP contribution < -0.4 is 5.73 Å². The Morgan fingerprint density at radius 2 is 1.88 bits per heavy atom. The maximum Gasteiger partial charge on any atom is 0.306 e. The van der Waals surface area contributed by atoms with Crippen LogP contribution in [0.25, 0.3) is 0 Å². The summed E-state index contributed by atoms with van der Waals surface area (Å²) in [5, 5.41) is 0. The van der Waals surface area contributed by atoms with E-state index in [4.69, 9.17) is 10.5 Å². The molecule has 0 aromatic rings. The molecule has 1 saturated carbocycles. The van der Waals surface area contributed by atoms with E-state index in [1.807, 2.05) is 6.92 Å². The van der Waals surface area contributed by atoms with Crippen molar-refractivity contribution in [2.75, 3.05) is 0 Å². The van der Waals surface area contributed by atoms with E-state index >= 15 is 0 Å². The van der Waals surface area contributed by atoms with Gasteiger partial charge in [0, 0.05) is 12.5 Å². The third-order valence-electron chi connectivity index (χ3n) is 3.24. The maximum absolute atomic E-state index is 11.6. The van der Waals surface area contributed by atoms with Gasteiger partial charge in [-0.25, -0.2) is 0 Å². The number of ether oxygens (including phenoxy) is 1. The fraction of sp³-hybridized carbons (Fsp3) is 0.923. The second-order valence-corrected chi connectivity index (χ2v) is 5.55. The van der Waals surface area contributed by atoms with E-state index in [0.29, 0.717) is 18.3 Å². The van der Waals surface area contributed by atoms with Crippen LogP contribution in [0, 0.1) is 11.8 Å². The molecular formula is C13H25NO2. The van der Waals surface area contributed by atoms with Crippen molar-refractivity contribution in [2.24, 2.45) is 17.6 Å². The molecule has 0 spiro atoms. The van der Waals surface area contributed by atoms with Gasteiger partial charge in [0.05, 0.1) is 0 Å². The van der Waals surface area contributed by atoms with Crippen molar-refractivity contribution >= 4 is 5.97 Å². The highest BCUT2D eigenvalue weighted by Gasteiger charge is 2.26. The third-order valence-corrected chi connectivity index (χ3v) is 3.24. The van der Waals surface area contributed by atoms with E-state index in [0.717, 1.165) is 19.3 Å². The molecule has 1 rings (SSSR count).